The number of aromatic nitrogens is 2. The first-order chi connectivity index (χ1) is 9.17. The van der Waals surface area contributed by atoms with Crippen LogP contribution in [0, 0.1) is 0 Å². The molecule has 0 radical (unpaired) electrons. The van der Waals surface area contributed by atoms with E-state index in [0.717, 1.165) is 29.2 Å². The molecule has 2 aromatic rings. The molecule has 0 spiro atoms. The molecule has 5 heteroatoms. The Hall–Kier alpha value is -1.26. The van der Waals surface area contributed by atoms with Gasteiger partial charge >= 0.3 is 0 Å². The summed E-state index contributed by atoms with van der Waals surface area (Å²) in [5.74, 6) is 1.68. The maximum Gasteiger partial charge on any atom is 0.127 e. The van der Waals surface area contributed by atoms with Gasteiger partial charge in [0.1, 0.15) is 11.6 Å². The van der Waals surface area contributed by atoms with E-state index in [1.54, 1.807) is 7.11 Å². The third-order valence-electron chi connectivity index (χ3n) is 3.00. The van der Waals surface area contributed by atoms with E-state index in [2.05, 4.69) is 9.55 Å². The monoisotopic (exact) mass is 282 g/mol. The van der Waals surface area contributed by atoms with Crippen molar-refractivity contribution in [2.75, 3.05) is 20.3 Å². The first-order valence-electron chi connectivity index (χ1n) is 6.43. The van der Waals surface area contributed by atoms with Crippen molar-refractivity contribution in [3.8, 4) is 5.75 Å². The fourth-order valence-electron chi connectivity index (χ4n) is 2.09. The van der Waals surface area contributed by atoms with Crippen molar-refractivity contribution in [2.24, 2.45) is 0 Å². The van der Waals surface area contributed by atoms with E-state index in [4.69, 9.17) is 21.1 Å². The van der Waals surface area contributed by atoms with Gasteiger partial charge in [0.25, 0.3) is 0 Å². The second-order valence-corrected chi connectivity index (χ2v) is 4.94. The summed E-state index contributed by atoms with van der Waals surface area (Å²) < 4.78 is 12.8. The molecule has 2 rings (SSSR count). The van der Waals surface area contributed by atoms with Gasteiger partial charge in [0.2, 0.25) is 0 Å². The number of rotatable bonds is 6. The lowest BCUT2D eigenvalue weighted by Crippen LogP contribution is -2.09. The highest BCUT2D eigenvalue weighted by Crippen LogP contribution is 2.27. The van der Waals surface area contributed by atoms with Gasteiger partial charge < -0.3 is 14.0 Å². The van der Waals surface area contributed by atoms with Gasteiger partial charge in [-0.3, -0.25) is 0 Å². The maximum absolute atomic E-state index is 6.21. The molecule has 0 amide bonds. The van der Waals surface area contributed by atoms with Crippen LogP contribution in [0.15, 0.2) is 18.2 Å². The van der Waals surface area contributed by atoms with E-state index in [9.17, 15) is 0 Å². The molecular weight excluding hydrogens is 264 g/mol. The standard InChI is InChI=1S/C14H19ClN2O2/c1-4-19-8-7-17-13-9-11(18-3)5-6-12(13)16-14(17)10(2)15/h5-6,9-10H,4,7-8H2,1-3H3. The Labute approximate surface area is 118 Å². The third-order valence-corrected chi connectivity index (χ3v) is 3.20. The van der Waals surface area contributed by atoms with Crippen molar-refractivity contribution in [3.63, 3.8) is 0 Å². The van der Waals surface area contributed by atoms with Crippen LogP contribution >= 0.6 is 11.6 Å². The lowest BCUT2D eigenvalue weighted by atomic mass is 10.3. The van der Waals surface area contributed by atoms with Crippen molar-refractivity contribution >= 4 is 22.6 Å². The zero-order valence-electron chi connectivity index (χ0n) is 11.5. The van der Waals surface area contributed by atoms with Crippen LogP contribution in [-0.4, -0.2) is 29.9 Å². The quantitative estimate of drug-likeness (QED) is 0.602. The molecule has 0 fully saturated rings. The van der Waals surface area contributed by atoms with Gasteiger partial charge in [-0.1, -0.05) is 0 Å². The molecule has 1 heterocycles. The second-order valence-electron chi connectivity index (χ2n) is 4.29. The number of halogens is 1. The molecule has 19 heavy (non-hydrogen) atoms. The minimum atomic E-state index is -0.139. The smallest absolute Gasteiger partial charge is 0.127 e. The molecule has 104 valence electrons. The summed E-state index contributed by atoms with van der Waals surface area (Å²) in [5, 5.41) is -0.139. The van der Waals surface area contributed by atoms with Gasteiger partial charge in [-0.2, -0.15) is 0 Å². The maximum atomic E-state index is 6.21. The molecule has 0 aliphatic heterocycles. The number of alkyl halides is 1. The van der Waals surface area contributed by atoms with E-state index in [1.165, 1.54) is 0 Å². The van der Waals surface area contributed by atoms with Gasteiger partial charge in [-0.05, 0) is 26.0 Å². The summed E-state index contributed by atoms with van der Waals surface area (Å²) in [6, 6.07) is 5.84. The van der Waals surface area contributed by atoms with Crippen molar-refractivity contribution in [2.45, 2.75) is 25.8 Å². The van der Waals surface area contributed by atoms with Crippen LogP contribution in [0.4, 0.5) is 0 Å². The lowest BCUT2D eigenvalue weighted by Gasteiger charge is -2.10. The van der Waals surface area contributed by atoms with Crippen molar-refractivity contribution in [3.05, 3.63) is 24.0 Å². The number of hydrogen-bond donors (Lipinski definition) is 0. The fourth-order valence-corrected chi connectivity index (χ4v) is 2.25. The Morgan fingerprint density at radius 2 is 2.21 bits per heavy atom. The second kappa shape index (κ2) is 6.26. The summed E-state index contributed by atoms with van der Waals surface area (Å²) in [7, 11) is 1.66. The Balaban J connectivity index is 2.44. The van der Waals surface area contributed by atoms with E-state index in [1.807, 2.05) is 32.0 Å². The van der Waals surface area contributed by atoms with E-state index >= 15 is 0 Å². The van der Waals surface area contributed by atoms with Crippen LogP contribution in [0.25, 0.3) is 11.0 Å². The average Bonchev–Trinajstić information content (AvgIpc) is 2.77. The molecular formula is C14H19ClN2O2. The number of nitrogens with zero attached hydrogens (tertiary/aromatic N) is 2. The summed E-state index contributed by atoms with van der Waals surface area (Å²) in [4.78, 5) is 4.59. The minimum absolute atomic E-state index is 0.139. The molecule has 0 aliphatic carbocycles. The number of imidazole rings is 1. The van der Waals surface area contributed by atoms with Crippen LogP contribution in [-0.2, 0) is 11.3 Å². The predicted molar refractivity (Wildman–Crippen MR) is 77.0 cm³/mol. The Morgan fingerprint density at radius 1 is 1.42 bits per heavy atom. The van der Waals surface area contributed by atoms with Crippen molar-refractivity contribution in [1.29, 1.82) is 0 Å². The Kier molecular flexibility index (Phi) is 4.66. The molecule has 4 nitrogen and oxygen atoms in total. The van der Waals surface area contributed by atoms with Crippen molar-refractivity contribution < 1.29 is 9.47 Å². The summed E-state index contributed by atoms with van der Waals surface area (Å²) in [6.07, 6.45) is 0. The minimum Gasteiger partial charge on any atom is -0.497 e. The Morgan fingerprint density at radius 3 is 2.84 bits per heavy atom. The highest BCUT2D eigenvalue weighted by Gasteiger charge is 2.15. The largest absolute Gasteiger partial charge is 0.497 e. The SMILES string of the molecule is CCOCCn1c(C(C)Cl)nc2ccc(OC)cc21. The number of ether oxygens (including phenoxy) is 2. The van der Waals surface area contributed by atoms with Crippen LogP contribution in [0.5, 0.6) is 5.75 Å². The van der Waals surface area contributed by atoms with E-state index in [-0.39, 0.29) is 5.38 Å². The summed E-state index contributed by atoms with van der Waals surface area (Å²) in [6.45, 7) is 6.01. The number of benzene rings is 1. The highest BCUT2D eigenvalue weighted by molar-refractivity contribution is 6.20. The highest BCUT2D eigenvalue weighted by atomic mass is 35.5. The molecule has 0 aliphatic rings. The third kappa shape index (κ3) is 3.01. The van der Waals surface area contributed by atoms with E-state index < -0.39 is 0 Å². The normalized spacial score (nSPS) is 12.8. The average molecular weight is 283 g/mol. The summed E-state index contributed by atoms with van der Waals surface area (Å²) >= 11 is 6.21. The van der Waals surface area contributed by atoms with Crippen LogP contribution in [0.3, 0.4) is 0 Å². The predicted octanol–water partition coefficient (Wildman–Crippen LogP) is 3.38. The number of methoxy groups -OCH3 is 1. The lowest BCUT2D eigenvalue weighted by molar-refractivity contribution is 0.139. The Bertz CT molecular complexity index is 552. The molecule has 0 N–H and O–H groups in total. The number of hydrogen-bond acceptors (Lipinski definition) is 3. The van der Waals surface area contributed by atoms with Gasteiger partial charge in [0.15, 0.2) is 0 Å². The van der Waals surface area contributed by atoms with Crippen molar-refractivity contribution in [1.82, 2.24) is 9.55 Å². The topological polar surface area (TPSA) is 36.3 Å². The van der Waals surface area contributed by atoms with Crippen LogP contribution < -0.4 is 4.74 Å². The van der Waals surface area contributed by atoms with Gasteiger partial charge in [-0.25, -0.2) is 4.98 Å². The first-order valence-corrected chi connectivity index (χ1v) is 6.87. The molecule has 1 aromatic carbocycles. The van der Waals surface area contributed by atoms with E-state index in [0.29, 0.717) is 13.2 Å². The first kappa shape index (κ1) is 14.2. The van der Waals surface area contributed by atoms with Crippen LogP contribution in [0.2, 0.25) is 0 Å². The molecule has 1 unspecified atom stereocenters. The zero-order valence-corrected chi connectivity index (χ0v) is 12.3. The zero-order chi connectivity index (χ0) is 13.8. The summed E-state index contributed by atoms with van der Waals surface area (Å²) in [5.41, 5.74) is 1.96. The molecule has 0 bridgehead atoms. The fraction of sp³-hybridized carbons (Fsp3) is 0.500. The van der Waals surface area contributed by atoms with Gasteiger partial charge in [0, 0.05) is 19.2 Å². The molecule has 0 saturated heterocycles. The number of fused-ring (bicyclic) bond motifs is 1. The van der Waals surface area contributed by atoms with Gasteiger partial charge in [0.05, 0.1) is 30.1 Å². The molecule has 1 aromatic heterocycles. The molecule has 0 saturated carbocycles. The van der Waals surface area contributed by atoms with Crippen LogP contribution in [0.1, 0.15) is 25.0 Å². The van der Waals surface area contributed by atoms with Gasteiger partial charge in [-0.15, -0.1) is 11.6 Å². The molecule has 1 atom stereocenters.